The second-order valence-electron chi connectivity index (χ2n) is 6.84. The van der Waals surface area contributed by atoms with Crippen LogP contribution in [0.1, 0.15) is 37.4 Å². The van der Waals surface area contributed by atoms with Crippen LogP contribution in [-0.2, 0) is 9.53 Å². The van der Waals surface area contributed by atoms with E-state index in [0.717, 1.165) is 57.5 Å². The van der Waals surface area contributed by atoms with Crippen LogP contribution >= 0.6 is 12.4 Å². The Morgan fingerprint density at radius 3 is 2.60 bits per heavy atom. The van der Waals surface area contributed by atoms with E-state index in [9.17, 15) is 9.90 Å². The molecule has 5 nitrogen and oxygen atoms in total. The number of ether oxygens (including phenoxy) is 1. The number of aliphatic hydroxyl groups is 1. The van der Waals surface area contributed by atoms with Crippen LogP contribution < -0.4 is 5.32 Å². The van der Waals surface area contributed by atoms with E-state index in [1.807, 2.05) is 35.2 Å². The number of likely N-dealkylation sites (tertiary alicyclic amines) is 1. The van der Waals surface area contributed by atoms with E-state index in [1.165, 1.54) is 0 Å². The minimum absolute atomic E-state index is 0. The Morgan fingerprint density at radius 2 is 1.96 bits per heavy atom. The van der Waals surface area contributed by atoms with Gasteiger partial charge in [0.15, 0.2) is 0 Å². The number of carbonyl (C=O) groups is 1. The predicted molar refractivity (Wildman–Crippen MR) is 99.8 cm³/mol. The van der Waals surface area contributed by atoms with E-state index in [0.29, 0.717) is 6.54 Å². The quantitative estimate of drug-likeness (QED) is 0.807. The van der Waals surface area contributed by atoms with Crippen molar-refractivity contribution in [3.05, 3.63) is 35.9 Å². The Bertz CT molecular complexity index is 515. The van der Waals surface area contributed by atoms with Crippen LogP contribution in [0, 0.1) is 5.92 Å². The fourth-order valence-electron chi connectivity index (χ4n) is 3.64. The zero-order chi connectivity index (χ0) is 16.8. The number of halogens is 1. The van der Waals surface area contributed by atoms with Crippen LogP contribution in [0.15, 0.2) is 30.3 Å². The van der Waals surface area contributed by atoms with Crippen molar-refractivity contribution >= 4 is 18.3 Å². The molecule has 2 fully saturated rings. The molecule has 25 heavy (non-hydrogen) atoms. The molecule has 0 aromatic heterocycles. The van der Waals surface area contributed by atoms with E-state index in [2.05, 4.69) is 5.32 Å². The lowest BCUT2D eigenvalue weighted by Gasteiger charge is -2.34. The van der Waals surface area contributed by atoms with Gasteiger partial charge in [0.05, 0.1) is 18.8 Å². The maximum atomic E-state index is 12.3. The van der Waals surface area contributed by atoms with Crippen LogP contribution in [0.25, 0.3) is 0 Å². The highest BCUT2D eigenvalue weighted by Crippen LogP contribution is 2.30. The van der Waals surface area contributed by atoms with Crippen LogP contribution in [0.5, 0.6) is 0 Å². The molecule has 3 rings (SSSR count). The van der Waals surface area contributed by atoms with Gasteiger partial charge in [-0.3, -0.25) is 4.79 Å². The van der Waals surface area contributed by atoms with Gasteiger partial charge >= 0.3 is 0 Å². The number of hydrogen-bond donors (Lipinski definition) is 2. The van der Waals surface area contributed by atoms with Crippen molar-refractivity contribution in [1.29, 1.82) is 0 Å². The molecule has 1 aromatic rings. The summed E-state index contributed by atoms with van der Waals surface area (Å²) in [5, 5.41) is 13.7. The molecule has 2 aliphatic heterocycles. The van der Waals surface area contributed by atoms with Crippen LogP contribution in [0.2, 0.25) is 0 Å². The number of aliphatic hydroxyl groups excluding tert-OH is 1. The lowest BCUT2D eigenvalue weighted by atomic mass is 9.87. The van der Waals surface area contributed by atoms with Crippen molar-refractivity contribution in [3.8, 4) is 0 Å². The molecule has 2 unspecified atom stereocenters. The molecular formula is C19H29ClN2O3. The number of benzene rings is 1. The Balaban J connectivity index is 0.00000225. The average Bonchev–Trinajstić information content (AvgIpc) is 3.15. The van der Waals surface area contributed by atoms with Gasteiger partial charge in [0, 0.05) is 26.2 Å². The summed E-state index contributed by atoms with van der Waals surface area (Å²) in [7, 11) is 0. The van der Waals surface area contributed by atoms with E-state index >= 15 is 0 Å². The first-order chi connectivity index (χ1) is 11.7. The fourth-order valence-corrected chi connectivity index (χ4v) is 3.64. The molecule has 140 valence electrons. The van der Waals surface area contributed by atoms with Crippen molar-refractivity contribution in [2.45, 2.75) is 37.9 Å². The highest BCUT2D eigenvalue weighted by atomic mass is 35.5. The number of amides is 1. The van der Waals surface area contributed by atoms with Crippen molar-refractivity contribution in [2.75, 3.05) is 32.8 Å². The van der Waals surface area contributed by atoms with Gasteiger partial charge in [0.25, 0.3) is 0 Å². The third-order valence-corrected chi connectivity index (χ3v) is 5.15. The fraction of sp³-hybridized carbons (Fsp3) is 0.632. The van der Waals surface area contributed by atoms with E-state index in [1.54, 1.807) is 0 Å². The predicted octanol–water partition coefficient (Wildman–Crippen LogP) is 2.15. The Hall–Kier alpha value is -1.14. The molecule has 2 aliphatic rings. The summed E-state index contributed by atoms with van der Waals surface area (Å²) in [4.78, 5) is 14.2. The summed E-state index contributed by atoms with van der Waals surface area (Å²) in [5.74, 6) is 0.386. The molecule has 0 spiro atoms. The highest BCUT2D eigenvalue weighted by Gasteiger charge is 2.28. The van der Waals surface area contributed by atoms with Gasteiger partial charge in [-0.25, -0.2) is 0 Å². The molecule has 6 heteroatoms. The molecule has 0 aliphatic carbocycles. The zero-order valence-corrected chi connectivity index (χ0v) is 15.4. The third kappa shape index (κ3) is 5.68. The molecule has 0 bridgehead atoms. The van der Waals surface area contributed by atoms with E-state index in [4.69, 9.17) is 4.74 Å². The maximum Gasteiger partial charge on any atom is 0.236 e. The number of nitrogens with zero attached hydrogens (tertiary/aromatic N) is 1. The van der Waals surface area contributed by atoms with Gasteiger partial charge < -0.3 is 20.1 Å². The molecule has 0 saturated carbocycles. The van der Waals surface area contributed by atoms with Crippen molar-refractivity contribution in [1.82, 2.24) is 10.2 Å². The molecule has 1 amide bonds. The summed E-state index contributed by atoms with van der Waals surface area (Å²) in [5.41, 5.74) is 0.973. The number of piperidine rings is 1. The van der Waals surface area contributed by atoms with Crippen molar-refractivity contribution in [3.63, 3.8) is 0 Å². The largest absolute Gasteiger partial charge is 0.388 e. The van der Waals surface area contributed by atoms with Gasteiger partial charge in [-0.1, -0.05) is 30.3 Å². The molecule has 2 saturated heterocycles. The van der Waals surface area contributed by atoms with E-state index in [-0.39, 0.29) is 30.3 Å². The van der Waals surface area contributed by atoms with E-state index < -0.39 is 6.10 Å². The maximum absolute atomic E-state index is 12.3. The Morgan fingerprint density at radius 1 is 1.24 bits per heavy atom. The lowest BCUT2D eigenvalue weighted by Crippen LogP contribution is -2.44. The minimum atomic E-state index is -0.430. The zero-order valence-electron chi connectivity index (χ0n) is 14.6. The number of rotatable bonds is 6. The first-order valence-corrected chi connectivity index (χ1v) is 9.07. The molecule has 2 atom stereocenters. The number of nitrogens with one attached hydrogen (secondary N) is 1. The Kier molecular flexibility index (Phi) is 8.16. The summed E-state index contributed by atoms with van der Waals surface area (Å²) in [6.07, 6.45) is 3.76. The van der Waals surface area contributed by atoms with Crippen LogP contribution in [-0.4, -0.2) is 54.8 Å². The first kappa shape index (κ1) is 20.2. The van der Waals surface area contributed by atoms with Gasteiger partial charge in [-0.2, -0.15) is 0 Å². The van der Waals surface area contributed by atoms with Crippen LogP contribution in [0.4, 0.5) is 0 Å². The molecular weight excluding hydrogens is 340 g/mol. The number of hydrogen-bond acceptors (Lipinski definition) is 4. The van der Waals surface area contributed by atoms with Gasteiger partial charge in [-0.15, -0.1) is 12.4 Å². The third-order valence-electron chi connectivity index (χ3n) is 5.15. The topological polar surface area (TPSA) is 61.8 Å². The number of carbonyl (C=O) groups excluding carboxylic acids is 1. The Labute approximate surface area is 156 Å². The molecule has 0 radical (unpaired) electrons. The normalized spacial score (nSPS) is 22.4. The van der Waals surface area contributed by atoms with Gasteiger partial charge in [-0.05, 0) is 37.2 Å². The first-order valence-electron chi connectivity index (χ1n) is 9.07. The molecule has 2 heterocycles. The second-order valence-corrected chi connectivity index (χ2v) is 6.84. The standard InChI is InChI=1S/C19H28N2O3.ClH/c22-18(14-20-13-17-7-4-12-24-17)21-10-8-16(9-11-21)19(23)15-5-2-1-3-6-15;/h1-3,5-6,16-17,19-20,23H,4,7-14H2;1H. The summed E-state index contributed by atoms with van der Waals surface area (Å²) in [6, 6.07) is 9.81. The van der Waals surface area contributed by atoms with Crippen LogP contribution in [0.3, 0.4) is 0 Å². The molecule has 2 N–H and O–H groups in total. The average molecular weight is 369 g/mol. The van der Waals surface area contributed by atoms with Crippen molar-refractivity contribution in [2.24, 2.45) is 5.92 Å². The van der Waals surface area contributed by atoms with Gasteiger partial charge in [0.2, 0.25) is 5.91 Å². The monoisotopic (exact) mass is 368 g/mol. The SMILES string of the molecule is Cl.O=C(CNCC1CCCO1)N1CCC(C(O)c2ccccc2)CC1. The second kappa shape index (κ2) is 10.1. The summed E-state index contributed by atoms with van der Waals surface area (Å²) in [6.45, 7) is 3.45. The highest BCUT2D eigenvalue weighted by molar-refractivity contribution is 5.85. The lowest BCUT2D eigenvalue weighted by molar-refractivity contribution is -0.132. The minimum Gasteiger partial charge on any atom is -0.388 e. The molecule has 1 aromatic carbocycles. The van der Waals surface area contributed by atoms with Gasteiger partial charge in [0.1, 0.15) is 0 Å². The summed E-state index contributed by atoms with van der Waals surface area (Å²) >= 11 is 0. The smallest absolute Gasteiger partial charge is 0.236 e. The summed E-state index contributed by atoms with van der Waals surface area (Å²) < 4.78 is 5.55. The van der Waals surface area contributed by atoms with Crippen molar-refractivity contribution < 1.29 is 14.6 Å².